The third-order valence-electron chi connectivity index (χ3n) is 5.10. The highest BCUT2D eigenvalue weighted by Gasteiger charge is 2.29. The Balaban J connectivity index is 2.11. The van der Waals surface area contributed by atoms with Crippen LogP contribution in [0.25, 0.3) is 0 Å². The Bertz CT molecular complexity index is 662. The minimum absolute atomic E-state index is 0.0383. The van der Waals surface area contributed by atoms with Crippen LogP contribution in [0, 0.1) is 0 Å². The number of aliphatic hydroxyl groups excluding tert-OH is 2. The van der Waals surface area contributed by atoms with Gasteiger partial charge < -0.3 is 29.5 Å². The van der Waals surface area contributed by atoms with E-state index in [9.17, 15) is 19.8 Å². The van der Waals surface area contributed by atoms with E-state index >= 15 is 0 Å². The lowest BCUT2D eigenvalue weighted by molar-refractivity contribution is -0.136. The van der Waals surface area contributed by atoms with Crippen molar-refractivity contribution in [2.45, 2.75) is 44.5 Å². The maximum absolute atomic E-state index is 12.8. The van der Waals surface area contributed by atoms with Gasteiger partial charge in [-0.05, 0) is 19.3 Å². The van der Waals surface area contributed by atoms with Gasteiger partial charge in [-0.15, -0.1) is 0 Å². The van der Waals surface area contributed by atoms with Crippen molar-refractivity contribution < 1.29 is 29.3 Å². The molecule has 1 aromatic rings. The quantitative estimate of drug-likeness (QED) is 0.663. The van der Waals surface area contributed by atoms with Gasteiger partial charge in [0.15, 0.2) is 0 Å². The first-order chi connectivity index (χ1) is 14.4. The van der Waals surface area contributed by atoms with Gasteiger partial charge in [0.2, 0.25) is 5.91 Å². The molecule has 0 aromatic carbocycles. The van der Waals surface area contributed by atoms with Gasteiger partial charge in [0, 0.05) is 59.2 Å². The van der Waals surface area contributed by atoms with E-state index in [1.54, 1.807) is 9.80 Å². The second kappa shape index (κ2) is 12.5. The highest BCUT2D eigenvalue weighted by molar-refractivity contribution is 5.91. The first-order valence-electron chi connectivity index (χ1n) is 10.2. The molecule has 1 saturated heterocycles. The summed E-state index contributed by atoms with van der Waals surface area (Å²) in [7, 11) is 1.43. The molecule has 10 heteroatoms. The summed E-state index contributed by atoms with van der Waals surface area (Å²) in [6.07, 6.45) is 3.33. The number of carbonyl (C=O) groups excluding carboxylic acids is 2. The summed E-state index contributed by atoms with van der Waals surface area (Å²) in [4.78, 5) is 36.2. The fourth-order valence-electron chi connectivity index (χ4n) is 3.31. The molecule has 2 rings (SSSR count). The normalized spacial score (nSPS) is 25.3. The number of aromatic nitrogens is 2. The molecule has 30 heavy (non-hydrogen) atoms. The van der Waals surface area contributed by atoms with Crippen LogP contribution >= 0.6 is 0 Å². The number of aliphatic hydroxyl groups is 2. The molecule has 1 fully saturated rings. The van der Waals surface area contributed by atoms with Crippen molar-refractivity contribution in [3.63, 3.8) is 0 Å². The molecule has 1 aliphatic rings. The zero-order valence-corrected chi connectivity index (χ0v) is 17.6. The molecule has 1 aliphatic heterocycles. The van der Waals surface area contributed by atoms with E-state index in [0.717, 1.165) is 0 Å². The van der Waals surface area contributed by atoms with Gasteiger partial charge in [-0.3, -0.25) is 14.6 Å². The minimum atomic E-state index is -1.18. The number of hydrogen-bond acceptors (Lipinski definition) is 8. The van der Waals surface area contributed by atoms with Gasteiger partial charge in [0.25, 0.3) is 5.91 Å². The number of amides is 2. The molecule has 2 N–H and O–H groups in total. The van der Waals surface area contributed by atoms with Gasteiger partial charge in [-0.25, -0.2) is 4.98 Å². The van der Waals surface area contributed by atoms with Gasteiger partial charge in [-0.1, -0.05) is 0 Å². The molecule has 168 valence electrons. The number of ether oxygens (including phenoxy) is 2. The largest absolute Gasteiger partial charge is 0.388 e. The third kappa shape index (κ3) is 7.28. The Kier molecular flexibility index (Phi) is 10.1. The van der Waals surface area contributed by atoms with Gasteiger partial charge in [0.1, 0.15) is 24.0 Å². The molecular weight excluding hydrogens is 392 g/mol. The number of nitrogens with zero attached hydrogens (tertiary/aromatic N) is 4. The summed E-state index contributed by atoms with van der Waals surface area (Å²) in [5.41, 5.74) is 0.279. The summed E-state index contributed by atoms with van der Waals surface area (Å²) in [5, 5.41) is 20.6. The molecule has 0 bridgehead atoms. The first-order valence-corrected chi connectivity index (χ1v) is 10.2. The van der Waals surface area contributed by atoms with Crippen LogP contribution < -0.4 is 0 Å². The van der Waals surface area contributed by atoms with Crippen LogP contribution in [0.3, 0.4) is 0 Å². The fourth-order valence-corrected chi connectivity index (χ4v) is 3.31. The molecule has 0 unspecified atom stereocenters. The predicted molar refractivity (Wildman–Crippen MR) is 108 cm³/mol. The number of carbonyl (C=O) groups is 2. The Labute approximate surface area is 176 Å². The molecule has 0 saturated carbocycles. The molecule has 0 aliphatic carbocycles. The summed E-state index contributed by atoms with van der Waals surface area (Å²) in [6.45, 7) is 3.28. The first kappa shape index (κ1) is 24.1. The maximum Gasteiger partial charge on any atom is 0.274 e. The zero-order valence-electron chi connectivity index (χ0n) is 17.6. The van der Waals surface area contributed by atoms with Crippen LogP contribution in [0.4, 0.5) is 0 Å². The van der Waals surface area contributed by atoms with Crippen molar-refractivity contribution in [2.24, 2.45) is 0 Å². The van der Waals surface area contributed by atoms with E-state index in [-0.39, 0.29) is 30.7 Å². The van der Waals surface area contributed by atoms with Crippen molar-refractivity contribution >= 4 is 11.8 Å². The van der Waals surface area contributed by atoms with E-state index in [1.165, 1.54) is 32.6 Å². The smallest absolute Gasteiger partial charge is 0.274 e. The Morgan fingerprint density at radius 3 is 2.53 bits per heavy atom. The topological polar surface area (TPSA) is 125 Å². The van der Waals surface area contributed by atoms with Crippen LogP contribution in [0.5, 0.6) is 0 Å². The van der Waals surface area contributed by atoms with E-state index in [2.05, 4.69) is 9.97 Å². The highest BCUT2D eigenvalue weighted by atomic mass is 16.5. The Morgan fingerprint density at radius 1 is 1.13 bits per heavy atom. The van der Waals surface area contributed by atoms with Crippen LogP contribution in [-0.2, 0) is 14.3 Å². The van der Waals surface area contributed by atoms with Gasteiger partial charge >= 0.3 is 0 Å². The van der Waals surface area contributed by atoms with Crippen molar-refractivity contribution in [1.29, 1.82) is 0 Å². The molecule has 1 aromatic heterocycles. The summed E-state index contributed by atoms with van der Waals surface area (Å²) < 4.78 is 10.8. The molecule has 10 nitrogen and oxygen atoms in total. The van der Waals surface area contributed by atoms with Crippen LogP contribution in [-0.4, -0.2) is 107 Å². The molecule has 2 heterocycles. The molecule has 0 radical (unpaired) electrons. The van der Waals surface area contributed by atoms with Crippen molar-refractivity contribution in [2.75, 3.05) is 46.5 Å². The van der Waals surface area contributed by atoms with E-state index in [1.807, 2.05) is 0 Å². The zero-order chi connectivity index (χ0) is 21.9. The second-order valence-corrected chi connectivity index (χ2v) is 7.32. The minimum Gasteiger partial charge on any atom is -0.388 e. The Morgan fingerprint density at radius 2 is 1.87 bits per heavy atom. The van der Waals surface area contributed by atoms with Crippen molar-refractivity contribution in [3.8, 4) is 0 Å². The maximum atomic E-state index is 12.8. The number of rotatable bonds is 2. The standard InChI is InChI=1S/C20H32N4O6/c1-15(25)24-10-5-9-23(20(28)16-12-21-6-7-22-16)8-3-4-11-30-14-17(26)19(27)18(13-24)29-2/h6-7,12,17-19,26-27H,3-5,8-11,13-14H2,1-2H3/t17-,18-,19-/m0/s1. The van der Waals surface area contributed by atoms with Crippen molar-refractivity contribution in [3.05, 3.63) is 24.3 Å². The van der Waals surface area contributed by atoms with Crippen LogP contribution in [0.2, 0.25) is 0 Å². The molecule has 0 spiro atoms. The van der Waals surface area contributed by atoms with Gasteiger partial charge in [-0.2, -0.15) is 0 Å². The van der Waals surface area contributed by atoms with E-state index in [4.69, 9.17) is 9.47 Å². The molecule has 3 atom stereocenters. The van der Waals surface area contributed by atoms with Gasteiger partial charge in [0.05, 0.1) is 12.8 Å². The predicted octanol–water partition coefficient (Wildman–Crippen LogP) is -0.295. The summed E-state index contributed by atoms with van der Waals surface area (Å²) >= 11 is 0. The summed E-state index contributed by atoms with van der Waals surface area (Å²) in [5.74, 6) is -0.380. The molecular formula is C20H32N4O6. The van der Waals surface area contributed by atoms with E-state index < -0.39 is 18.3 Å². The van der Waals surface area contributed by atoms with Crippen LogP contribution in [0.15, 0.2) is 18.6 Å². The van der Waals surface area contributed by atoms with Crippen molar-refractivity contribution in [1.82, 2.24) is 19.8 Å². The third-order valence-corrected chi connectivity index (χ3v) is 5.10. The second-order valence-electron chi connectivity index (χ2n) is 7.32. The summed E-state index contributed by atoms with van der Waals surface area (Å²) in [6, 6.07) is 0. The number of methoxy groups -OCH3 is 1. The molecule has 2 amide bonds. The lowest BCUT2D eigenvalue weighted by Crippen LogP contribution is -2.48. The number of hydrogen-bond donors (Lipinski definition) is 2. The highest BCUT2D eigenvalue weighted by Crippen LogP contribution is 2.11. The Hall–Kier alpha value is -2.14. The SMILES string of the molecule is CO[C@H]1CN(C(C)=O)CCCN(C(=O)c2cnccn2)CCCCOC[C@H](O)[C@@H]1O. The lowest BCUT2D eigenvalue weighted by Gasteiger charge is -2.31. The van der Waals surface area contributed by atoms with E-state index in [0.29, 0.717) is 45.5 Å². The average Bonchev–Trinajstić information content (AvgIpc) is 2.76. The monoisotopic (exact) mass is 424 g/mol. The fraction of sp³-hybridized carbons (Fsp3) is 0.700. The average molecular weight is 424 g/mol. The lowest BCUT2D eigenvalue weighted by atomic mass is 10.1. The van der Waals surface area contributed by atoms with Crippen LogP contribution in [0.1, 0.15) is 36.7 Å².